The molecule has 0 unspecified atom stereocenters. The second-order valence-corrected chi connectivity index (χ2v) is 8.27. The highest BCUT2D eigenvalue weighted by molar-refractivity contribution is 7.19. The highest BCUT2D eigenvalue weighted by Gasteiger charge is 2.21. The number of anilines is 1. The number of amides is 1. The van der Waals surface area contributed by atoms with Crippen LogP contribution >= 0.6 is 11.3 Å². The van der Waals surface area contributed by atoms with E-state index in [1.165, 1.54) is 22.2 Å². The van der Waals surface area contributed by atoms with E-state index in [1.54, 1.807) is 6.92 Å². The summed E-state index contributed by atoms with van der Waals surface area (Å²) in [5, 5.41) is 3.42. The van der Waals surface area contributed by atoms with Gasteiger partial charge in [-0.15, -0.1) is 11.3 Å². The summed E-state index contributed by atoms with van der Waals surface area (Å²) in [4.78, 5) is 32.3. The van der Waals surface area contributed by atoms with Crippen LogP contribution in [0.5, 0.6) is 0 Å². The molecule has 0 saturated carbocycles. The summed E-state index contributed by atoms with van der Waals surface area (Å²) in [7, 11) is 0. The number of para-hydroxylation sites is 1. The zero-order chi connectivity index (χ0) is 20.5. The van der Waals surface area contributed by atoms with E-state index in [1.807, 2.05) is 68.4 Å². The van der Waals surface area contributed by atoms with Gasteiger partial charge in [0.25, 0.3) is 5.56 Å². The molecule has 1 N–H and O–H groups in total. The normalized spacial score (nSPS) is 12.1. The number of rotatable bonds is 4. The molecule has 6 heteroatoms. The highest BCUT2D eigenvalue weighted by atomic mass is 32.1. The Morgan fingerprint density at radius 2 is 1.76 bits per heavy atom. The second kappa shape index (κ2) is 7.64. The average Bonchev–Trinajstić information content (AvgIpc) is 3.06. The Labute approximate surface area is 172 Å². The summed E-state index contributed by atoms with van der Waals surface area (Å²) >= 11 is 1.50. The molecule has 5 nitrogen and oxygen atoms in total. The van der Waals surface area contributed by atoms with Crippen LogP contribution in [0.3, 0.4) is 0 Å². The first kappa shape index (κ1) is 19.1. The van der Waals surface area contributed by atoms with Crippen molar-refractivity contribution in [3.05, 3.63) is 81.7 Å². The number of nitrogens with one attached hydrogen (secondary N) is 1. The minimum absolute atomic E-state index is 0.203. The SMILES string of the molecule is Cc1ccc(-c2c(C)sc3ncn([C@@H](C)C(=O)Nc4ccccc4)c(=O)c23)cc1. The fraction of sp³-hybridized carbons (Fsp3) is 0.174. The van der Waals surface area contributed by atoms with Crippen molar-refractivity contribution in [2.75, 3.05) is 5.32 Å². The maximum absolute atomic E-state index is 13.4. The summed E-state index contributed by atoms with van der Waals surface area (Å²) < 4.78 is 1.41. The molecule has 1 atom stereocenters. The van der Waals surface area contributed by atoms with Crippen molar-refractivity contribution in [3.63, 3.8) is 0 Å². The van der Waals surface area contributed by atoms with E-state index < -0.39 is 6.04 Å². The lowest BCUT2D eigenvalue weighted by Crippen LogP contribution is -2.31. The number of hydrogen-bond donors (Lipinski definition) is 1. The predicted molar refractivity (Wildman–Crippen MR) is 119 cm³/mol. The third-order valence-electron chi connectivity index (χ3n) is 4.99. The first-order chi connectivity index (χ1) is 14.0. The maximum atomic E-state index is 13.4. The van der Waals surface area contributed by atoms with Crippen molar-refractivity contribution in [2.45, 2.75) is 26.8 Å². The lowest BCUT2D eigenvalue weighted by Gasteiger charge is -2.15. The minimum Gasteiger partial charge on any atom is -0.324 e. The molecule has 0 aliphatic heterocycles. The van der Waals surface area contributed by atoms with Crippen LogP contribution in [0.2, 0.25) is 0 Å². The van der Waals surface area contributed by atoms with Crippen molar-refractivity contribution < 1.29 is 4.79 Å². The van der Waals surface area contributed by atoms with Crippen LogP contribution in [0.4, 0.5) is 5.69 Å². The Kier molecular flexibility index (Phi) is 5.03. The fourth-order valence-corrected chi connectivity index (χ4v) is 4.36. The van der Waals surface area contributed by atoms with Crippen molar-refractivity contribution in [1.29, 1.82) is 0 Å². The number of fused-ring (bicyclic) bond motifs is 1. The maximum Gasteiger partial charge on any atom is 0.263 e. The van der Waals surface area contributed by atoms with Crippen molar-refractivity contribution in [1.82, 2.24) is 9.55 Å². The molecule has 2 aromatic heterocycles. The predicted octanol–water partition coefficient (Wildman–Crippen LogP) is 4.94. The molecule has 1 amide bonds. The monoisotopic (exact) mass is 403 g/mol. The van der Waals surface area contributed by atoms with Crippen LogP contribution in [0.25, 0.3) is 21.3 Å². The molecule has 2 aromatic carbocycles. The number of aromatic nitrogens is 2. The lowest BCUT2D eigenvalue weighted by atomic mass is 10.0. The van der Waals surface area contributed by atoms with Gasteiger partial charge in [0, 0.05) is 16.1 Å². The summed E-state index contributed by atoms with van der Waals surface area (Å²) in [5.41, 5.74) is 3.53. The minimum atomic E-state index is -0.689. The van der Waals surface area contributed by atoms with Gasteiger partial charge in [-0.25, -0.2) is 4.98 Å². The third kappa shape index (κ3) is 3.59. The topological polar surface area (TPSA) is 64.0 Å². The Morgan fingerprint density at radius 1 is 1.07 bits per heavy atom. The smallest absolute Gasteiger partial charge is 0.263 e. The largest absolute Gasteiger partial charge is 0.324 e. The fourth-order valence-electron chi connectivity index (χ4n) is 3.35. The lowest BCUT2D eigenvalue weighted by molar-refractivity contribution is -0.118. The number of nitrogens with zero attached hydrogens (tertiary/aromatic N) is 2. The van der Waals surface area contributed by atoms with E-state index in [-0.39, 0.29) is 11.5 Å². The molecule has 146 valence electrons. The Hall–Kier alpha value is -3.25. The molecular weight excluding hydrogens is 382 g/mol. The van der Waals surface area contributed by atoms with Gasteiger partial charge in [0.2, 0.25) is 5.91 Å². The van der Waals surface area contributed by atoms with Gasteiger partial charge in [0.1, 0.15) is 10.9 Å². The van der Waals surface area contributed by atoms with Gasteiger partial charge < -0.3 is 5.32 Å². The first-order valence-corrected chi connectivity index (χ1v) is 10.2. The van der Waals surface area contributed by atoms with Crippen LogP contribution in [0, 0.1) is 13.8 Å². The second-order valence-electron chi connectivity index (χ2n) is 7.07. The van der Waals surface area contributed by atoms with E-state index in [9.17, 15) is 9.59 Å². The quantitative estimate of drug-likeness (QED) is 0.525. The van der Waals surface area contributed by atoms with Gasteiger partial charge in [-0.1, -0.05) is 48.0 Å². The van der Waals surface area contributed by atoms with Gasteiger partial charge >= 0.3 is 0 Å². The molecule has 0 aliphatic carbocycles. The van der Waals surface area contributed by atoms with Crippen LogP contribution in [-0.2, 0) is 4.79 Å². The standard InChI is InChI=1S/C23H21N3O2S/c1-14-9-11-17(12-10-14)19-16(3)29-22-20(19)23(28)26(13-24-22)15(2)21(27)25-18-7-5-4-6-8-18/h4-13,15H,1-3H3,(H,25,27)/t15-/m0/s1. The molecule has 0 saturated heterocycles. The number of hydrogen-bond acceptors (Lipinski definition) is 4. The van der Waals surface area contributed by atoms with Crippen LogP contribution in [0.15, 0.2) is 65.7 Å². The summed E-state index contributed by atoms with van der Waals surface area (Å²) in [5.74, 6) is -0.261. The van der Waals surface area contributed by atoms with Crippen molar-refractivity contribution >= 4 is 33.1 Å². The van der Waals surface area contributed by atoms with Gasteiger partial charge in [-0.3, -0.25) is 14.2 Å². The number of aryl methyl sites for hydroxylation is 2. The molecule has 0 fully saturated rings. The average molecular weight is 404 g/mol. The Morgan fingerprint density at radius 3 is 2.45 bits per heavy atom. The molecule has 0 bridgehead atoms. The molecule has 0 spiro atoms. The molecule has 0 aliphatic rings. The van der Waals surface area contributed by atoms with Gasteiger partial charge in [0.15, 0.2) is 0 Å². The van der Waals surface area contributed by atoms with Gasteiger partial charge in [-0.2, -0.15) is 0 Å². The zero-order valence-corrected chi connectivity index (χ0v) is 17.3. The Balaban J connectivity index is 1.77. The molecule has 29 heavy (non-hydrogen) atoms. The van der Waals surface area contributed by atoms with E-state index in [0.717, 1.165) is 21.6 Å². The number of benzene rings is 2. The van der Waals surface area contributed by atoms with E-state index in [2.05, 4.69) is 10.3 Å². The van der Waals surface area contributed by atoms with Gasteiger partial charge in [-0.05, 0) is 38.5 Å². The van der Waals surface area contributed by atoms with E-state index >= 15 is 0 Å². The number of thiophene rings is 1. The van der Waals surface area contributed by atoms with Crippen molar-refractivity contribution in [3.8, 4) is 11.1 Å². The molecule has 4 rings (SSSR count). The van der Waals surface area contributed by atoms with E-state index in [0.29, 0.717) is 15.9 Å². The third-order valence-corrected chi connectivity index (χ3v) is 6.00. The molecular formula is C23H21N3O2S. The molecule has 0 radical (unpaired) electrons. The van der Waals surface area contributed by atoms with Crippen LogP contribution < -0.4 is 10.9 Å². The van der Waals surface area contributed by atoms with Crippen molar-refractivity contribution in [2.24, 2.45) is 0 Å². The number of carbonyl (C=O) groups is 1. The molecule has 4 aromatic rings. The zero-order valence-electron chi connectivity index (χ0n) is 16.5. The van der Waals surface area contributed by atoms with Gasteiger partial charge in [0.05, 0.1) is 11.7 Å². The Bertz CT molecular complexity index is 1240. The summed E-state index contributed by atoms with van der Waals surface area (Å²) in [6, 6.07) is 16.6. The van der Waals surface area contributed by atoms with Crippen LogP contribution in [0.1, 0.15) is 23.4 Å². The highest BCUT2D eigenvalue weighted by Crippen LogP contribution is 2.35. The van der Waals surface area contributed by atoms with Crippen LogP contribution in [-0.4, -0.2) is 15.5 Å². The first-order valence-electron chi connectivity index (χ1n) is 9.39. The number of carbonyl (C=O) groups excluding carboxylic acids is 1. The van der Waals surface area contributed by atoms with E-state index in [4.69, 9.17) is 0 Å². The summed E-state index contributed by atoms with van der Waals surface area (Å²) in [6.07, 6.45) is 1.47. The summed E-state index contributed by atoms with van der Waals surface area (Å²) in [6.45, 7) is 5.73. The molecule has 2 heterocycles.